The smallest absolute Gasteiger partial charge is 0.306 e. The summed E-state index contributed by atoms with van der Waals surface area (Å²) in [6.07, 6.45) is 2.74. The molecule has 134 valence electrons. The summed E-state index contributed by atoms with van der Waals surface area (Å²) in [4.78, 5) is 23.6. The monoisotopic (exact) mass is 398 g/mol. The van der Waals surface area contributed by atoms with Gasteiger partial charge in [-0.3, -0.25) is 9.59 Å². The van der Waals surface area contributed by atoms with Crippen LogP contribution >= 0.6 is 15.9 Å². The van der Waals surface area contributed by atoms with Crippen LogP contribution < -0.4 is 0 Å². The lowest BCUT2D eigenvalue weighted by atomic mass is 10.0. The number of halogens is 1. The summed E-state index contributed by atoms with van der Waals surface area (Å²) in [5, 5.41) is 0. The van der Waals surface area contributed by atoms with Crippen molar-refractivity contribution in [1.29, 1.82) is 0 Å². The second kappa shape index (κ2) is 11.2. The zero-order chi connectivity index (χ0) is 17.9. The van der Waals surface area contributed by atoms with E-state index in [0.29, 0.717) is 12.3 Å². The van der Waals surface area contributed by atoms with Crippen molar-refractivity contribution in [3.05, 3.63) is 34.3 Å². The Hall–Kier alpha value is -1.36. The highest BCUT2D eigenvalue weighted by Gasteiger charge is 2.17. The lowest BCUT2D eigenvalue weighted by molar-refractivity contribution is -0.152. The predicted octanol–water partition coefficient (Wildman–Crippen LogP) is 5.03. The summed E-state index contributed by atoms with van der Waals surface area (Å²) < 4.78 is 11.6. The van der Waals surface area contributed by atoms with Crippen LogP contribution in [-0.2, 0) is 25.7 Å². The Morgan fingerprint density at radius 3 is 2.42 bits per heavy atom. The van der Waals surface area contributed by atoms with Crippen molar-refractivity contribution >= 4 is 27.9 Å². The molecule has 1 aromatic carbocycles. The lowest BCUT2D eigenvalue weighted by Crippen LogP contribution is -2.23. The number of ether oxygens (including phenoxy) is 2. The minimum Gasteiger partial charge on any atom is -0.462 e. The van der Waals surface area contributed by atoms with Gasteiger partial charge in [-0.2, -0.15) is 0 Å². The average Bonchev–Trinajstić information content (AvgIpc) is 2.53. The van der Waals surface area contributed by atoms with E-state index in [-0.39, 0.29) is 37.5 Å². The van der Waals surface area contributed by atoms with Gasteiger partial charge in [0, 0.05) is 22.9 Å². The fourth-order valence-corrected chi connectivity index (χ4v) is 2.66. The maximum Gasteiger partial charge on any atom is 0.306 e. The highest BCUT2D eigenvalue weighted by molar-refractivity contribution is 9.10. The van der Waals surface area contributed by atoms with Crippen LogP contribution in [0.25, 0.3) is 0 Å². The van der Waals surface area contributed by atoms with Gasteiger partial charge in [-0.1, -0.05) is 61.3 Å². The molecule has 0 aliphatic heterocycles. The average molecular weight is 399 g/mol. The number of carbonyl (C=O) groups is 2. The summed E-state index contributed by atoms with van der Waals surface area (Å²) in [7, 11) is 0. The molecule has 0 N–H and O–H groups in total. The minimum absolute atomic E-state index is 0.0371. The third kappa shape index (κ3) is 7.95. The second-order valence-electron chi connectivity index (χ2n) is 6.17. The zero-order valence-corrected chi connectivity index (χ0v) is 16.3. The van der Waals surface area contributed by atoms with E-state index in [2.05, 4.69) is 22.9 Å². The van der Waals surface area contributed by atoms with Crippen LogP contribution in [0.4, 0.5) is 0 Å². The van der Waals surface area contributed by atoms with Crippen molar-refractivity contribution in [3.63, 3.8) is 0 Å². The molecule has 0 aliphatic carbocycles. The van der Waals surface area contributed by atoms with E-state index in [9.17, 15) is 9.59 Å². The molecule has 0 spiro atoms. The van der Waals surface area contributed by atoms with Gasteiger partial charge in [0.15, 0.2) is 0 Å². The molecule has 0 amide bonds. The van der Waals surface area contributed by atoms with Crippen LogP contribution in [0.1, 0.15) is 58.4 Å². The number of benzene rings is 1. The molecule has 0 bridgehead atoms. The Bertz CT molecular complexity index is 528. The number of hydrogen-bond acceptors (Lipinski definition) is 4. The van der Waals surface area contributed by atoms with Crippen LogP contribution in [0, 0.1) is 5.92 Å². The molecular formula is C19H27BrO4. The molecule has 1 atom stereocenters. The Morgan fingerprint density at radius 1 is 1.12 bits per heavy atom. The molecule has 0 aliphatic rings. The van der Waals surface area contributed by atoms with Gasteiger partial charge in [0.05, 0.1) is 0 Å². The molecule has 0 fully saturated rings. The van der Waals surface area contributed by atoms with Gasteiger partial charge in [0.1, 0.15) is 12.7 Å². The van der Waals surface area contributed by atoms with Crippen molar-refractivity contribution in [2.75, 3.05) is 0 Å². The third-order valence-electron chi connectivity index (χ3n) is 3.71. The van der Waals surface area contributed by atoms with Gasteiger partial charge >= 0.3 is 11.9 Å². The van der Waals surface area contributed by atoms with E-state index in [1.165, 1.54) is 0 Å². The first-order chi connectivity index (χ1) is 11.4. The van der Waals surface area contributed by atoms with Gasteiger partial charge in [-0.05, 0) is 24.8 Å². The van der Waals surface area contributed by atoms with E-state index >= 15 is 0 Å². The minimum atomic E-state index is -0.299. The number of rotatable bonds is 10. The summed E-state index contributed by atoms with van der Waals surface area (Å²) in [6.45, 7) is 6.40. The van der Waals surface area contributed by atoms with Crippen LogP contribution in [0.5, 0.6) is 0 Å². The molecule has 0 saturated heterocycles. The van der Waals surface area contributed by atoms with Crippen molar-refractivity contribution in [2.24, 2.45) is 5.92 Å². The van der Waals surface area contributed by atoms with Crippen molar-refractivity contribution in [1.82, 2.24) is 0 Å². The SMILES string of the molecule is CCCC(OC(=O)CCCC(=O)OCc1ccccc1Br)C(C)C. The first kappa shape index (κ1) is 20.7. The highest BCUT2D eigenvalue weighted by atomic mass is 79.9. The maximum absolute atomic E-state index is 11.9. The number of hydrogen-bond donors (Lipinski definition) is 0. The highest BCUT2D eigenvalue weighted by Crippen LogP contribution is 2.17. The van der Waals surface area contributed by atoms with Crippen molar-refractivity contribution < 1.29 is 19.1 Å². The van der Waals surface area contributed by atoms with E-state index in [0.717, 1.165) is 22.9 Å². The van der Waals surface area contributed by atoms with Crippen molar-refractivity contribution in [2.45, 2.75) is 65.6 Å². The fourth-order valence-electron chi connectivity index (χ4n) is 2.26. The summed E-state index contributed by atoms with van der Waals surface area (Å²) in [6, 6.07) is 7.60. The second-order valence-corrected chi connectivity index (χ2v) is 7.02. The molecule has 4 nitrogen and oxygen atoms in total. The van der Waals surface area contributed by atoms with E-state index in [4.69, 9.17) is 9.47 Å². The Kier molecular flexibility index (Phi) is 9.69. The Balaban J connectivity index is 2.25. The fraction of sp³-hybridized carbons (Fsp3) is 0.579. The largest absolute Gasteiger partial charge is 0.462 e. The van der Waals surface area contributed by atoms with E-state index in [1.807, 2.05) is 38.1 Å². The van der Waals surface area contributed by atoms with Gasteiger partial charge in [0.2, 0.25) is 0 Å². The van der Waals surface area contributed by atoms with Gasteiger partial charge in [0.25, 0.3) is 0 Å². The molecule has 0 radical (unpaired) electrons. The van der Waals surface area contributed by atoms with Crippen molar-refractivity contribution in [3.8, 4) is 0 Å². The molecule has 24 heavy (non-hydrogen) atoms. The molecule has 1 rings (SSSR count). The molecule has 0 aromatic heterocycles. The standard InChI is InChI=1S/C19H27BrO4/c1-4-8-17(14(2)3)24-19(22)12-7-11-18(21)23-13-15-9-5-6-10-16(15)20/h5-6,9-10,14,17H,4,7-8,11-13H2,1-3H3. The Labute approximate surface area is 153 Å². The summed E-state index contributed by atoms with van der Waals surface area (Å²) in [5.41, 5.74) is 0.921. The third-order valence-corrected chi connectivity index (χ3v) is 4.48. The van der Waals surface area contributed by atoms with Gasteiger partial charge < -0.3 is 9.47 Å². The first-order valence-corrected chi connectivity index (χ1v) is 9.31. The quantitative estimate of drug-likeness (QED) is 0.518. The molecule has 5 heteroatoms. The predicted molar refractivity (Wildman–Crippen MR) is 97.4 cm³/mol. The molecule has 0 heterocycles. The molecular weight excluding hydrogens is 372 g/mol. The number of esters is 2. The number of carbonyl (C=O) groups excluding carboxylic acids is 2. The van der Waals surface area contributed by atoms with Gasteiger partial charge in [-0.15, -0.1) is 0 Å². The normalized spacial score (nSPS) is 12.0. The van der Waals surface area contributed by atoms with Crippen LogP contribution in [0.3, 0.4) is 0 Å². The lowest BCUT2D eigenvalue weighted by Gasteiger charge is -2.20. The first-order valence-electron chi connectivity index (χ1n) is 8.52. The van der Waals surface area contributed by atoms with Crippen LogP contribution in [0.2, 0.25) is 0 Å². The van der Waals surface area contributed by atoms with E-state index < -0.39 is 0 Å². The van der Waals surface area contributed by atoms with E-state index in [1.54, 1.807) is 0 Å². The summed E-state index contributed by atoms with van der Waals surface area (Å²) in [5.74, 6) is -0.226. The summed E-state index contributed by atoms with van der Waals surface area (Å²) >= 11 is 3.41. The van der Waals surface area contributed by atoms with Crippen LogP contribution in [0.15, 0.2) is 28.7 Å². The molecule has 1 aromatic rings. The van der Waals surface area contributed by atoms with Gasteiger partial charge in [-0.25, -0.2) is 0 Å². The topological polar surface area (TPSA) is 52.6 Å². The molecule has 0 saturated carbocycles. The maximum atomic E-state index is 11.9. The zero-order valence-electron chi connectivity index (χ0n) is 14.7. The molecule has 1 unspecified atom stereocenters. The van der Waals surface area contributed by atoms with Crippen LogP contribution in [-0.4, -0.2) is 18.0 Å². The Morgan fingerprint density at radius 2 is 1.79 bits per heavy atom.